The summed E-state index contributed by atoms with van der Waals surface area (Å²) in [5.74, 6) is 0.171. The van der Waals surface area contributed by atoms with Crippen LogP contribution >= 0.6 is 7.82 Å². The monoisotopic (exact) mass is 536 g/mol. The van der Waals surface area contributed by atoms with Crippen molar-refractivity contribution in [1.82, 2.24) is 14.5 Å². The summed E-state index contributed by atoms with van der Waals surface area (Å²) in [7, 11) is -2.18. The molecule has 3 aromatic heterocycles. The van der Waals surface area contributed by atoms with E-state index >= 15 is 0 Å². The van der Waals surface area contributed by atoms with E-state index in [1.165, 1.54) is 6.08 Å². The van der Waals surface area contributed by atoms with Crippen molar-refractivity contribution in [2.24, 2.45) is 0 Å². The normalized spacial score (nSPS) is 11.4. The molecule has 0 bridgehead atoms. The molecule has 4 aromatic rings. The van der Waals surface area contributed by atoms with Gasteiger partial charge in [-0.05, 0) is 55.3 Å². The number of hydrogen-bond donors (Lipinski definition) is 1. The van der Waals surface area contributed by atoms with Gasteiger partial charge in [0.2, 0.25) is 11.8 Å². The Morgan fingerprint density at radius 2 is 1.84 bits per heavy atom. The van der Waals surface area contributed by atoms with Gasteiger partial charge < -0.3 is 14.6 Å². The predicted molar refractivity (Wildman–Crippen MR) is 146 cm³/mol. The zero-order valence-corrected chi connectivity index (χ0v) is 22.3. The summed E-state index contributed by atoms with van der Waals surface area (Å²) in [6.45, 7) is 7.19. The molecule has 38 heavy (non-hydrogen) atoms. The lowest BCUT2D eigenvalue weighted by Crippen LogP contribution is -2.07. The highest BCUT2D eigenvalue weighted by atomic mass is 31.2. The lowest BCUT2D eigenvalue weighted by atomic mass is 10.0. The maximum absolute atomic E-state index is 12.9. The first-order valence-electron chi connectivity index (χ1n) is 12.0. The van der Waals surface area contributed by atoms with Gasteiger partial charge in [-0.1, -0.05) is 18.7 Å². The highest BCUT2D eigenvalue weighted by Gasteiger charge is 2.26. The number of carbonyl (C=O) groups excluding carboxylic acids is 1. The van der Waals surface area contributed by atoms with Crippen LogP contribution in [-0.4, -0.2) is 40.8 Å². The Hall–Kier alpha value is -3.82. The molecule has 0 spiro atoms. The number of nitrogens with one attached hydrogen (secondary N) is 1. The fraction of sp³-hybridized carbons (Fsp3) is 0.222. The van der Waals surface area contributed by atoms with Crippen molar-refractivity contribution < 1.29 is 27.7 Å². The second-order valence-electron chi connectivity index (χ2n) is 8.01. The van der Waals surface area contributed by atoms with Gasteiger partial charge in [-0.15, -0.1) is 0 Å². The quantitative estimate of drug-likeness (QED) is 0.172. The van der Waals surface area contributed by atoms with Gasteiger partial charge in [-0.25, -0.2) is 14.5 Å². The van der Waals surface area contributed by atoms with E-state index in [-0.39, 0.29) is 25.9 Å². The number of phosphoric ester groups is 1. The third kappa shape index (κ3) is 6.17. The molecular formula is C27H29N4O6P. The molecule has 0 aliphatic rings. The number of hydrogen-bond acceptors (Lipinski definition) is 8. The Morgan fingerprint density at radius 1 is 1.05 bits per heavy atom. The smallest absolute Gasteiger partial charge is 0.476 e. The molecule has 0 radical (unpaired) electrons. The molecule has 1 amide bonds. The zero-order valence-electron chi connectivity index (χ0n) is 21.4. The number of fused-ring (bicyclic) bond motifs is 1. The summed E-state index contributed by atoms with van der Waals surface area (Å²) in [5.41, 5.74) is 4.64. The number of benzene rings is 1. The largest absolute Gasteiger partial charge is 0.481 e. The van der Waals surface area contributed by atoms with Crippen molar-refractivity contribution in [2.45, 2.75) is 20.6 Å². The summed E-state index contributed by atoms with van der Waals surface area (Å²) < 4.78 is 36.1. The molecule has 0 fully saturated rings. The second kappa shape index (κ2) is 12.1. The number of carbonyl (C=O) groups is 1. The summed E-state index contributed by atoms with van der Waals surface area (Å²) in [5, 5.41) is 3.60. The Labute approximate surface area is 220 Å². The number of anilines is 1. The number of aromatic nitrogens is 3. The van der Waals surface area contributed by atoms with E-state index in [1.807, 2.05) is 42.6 Å². The third-order valence-electron chi connectivity index (χ3n) is 5.55. The minimum atomic E-state index is -3.74. The molecule has 0 saturated heterocycles. The number of phosphoric acid groups is 1. The van der Waals surface area contributed by atoms with Gasteiger partial charge in [-0.3, -0.25) is 18.4 Å². The molecule has 10 nitrogen and oxygen atoms in total. The van der Waals surface area contributed by atoms with Crippen LogP contribution in [0.15, 0.2) is 73.7 Å². The number of methoxy groups -OCH3 is 1. The van der Waals surface area contributed by atoms with Crippen LogP contribution in [0.2, 0.25) is 0 Å². The number of amides is 1. The minimum absolute atomic E-state index is 0.106. The van der Waals surface area contributed by atoms with Crippen molar-refractivity contribution in [3.63, 3.8) is 0 Å². The van der Waals surface area contributed by atoms with Gasteiger partial charge in [0, 0.05) is 46.9 Å². The van der Waals surface area contributed by atoms with Crippen LogP contribution in [0.25, 0.3) is 33.3 Å². The van der Waals surface area contributed by atoms with Gasteiger partial charge in [0.05, 0.1) is 20.3 Å². The average Bonchev–Trinajstić information content (AvgIpc) is 3.30. The van der Waals surface area contributed by atoms with Crippen LogP contribution in [0.1, 0.15) is 13.8 Å². The average molecular weight is 537 g/mol. The Bertz CT molecular complexity index is 1490. The fourth-order valence-electron chi connectivity index (χ4n) is 3.88. The molecular weight excluding hydrogens is 507 g/mol. The molecule has 0 aliphatic carbocycles. The highest BCUT2D eigenvalue weighted by molar-refractivity contribution is 7.48. The lowest BCUT2D eigenvalue weighted by Gasteiger charge is -2.16. The van der Waals surface area contributed by atoms with E-state index in [9.17, 15) is 9.36 Å². The molecule has 0 aliphatic heterocycles. The molecule has 0 saturated carbocycles. The molecule has 11 heteroatoms. The maximum atomic E-state index is 12.9. The Kier molecular flexibility index (Phi) is 8.70. The van der Waals surface area contributed by atoms with Crippen molar-refractivity contribution >= 4 is 30.5 Å². The van der Waals surface area contributed by atoms with Crippen LogP contribution < -0.4 is 10.1 Å². The van der Waals surface area contributed by atoms with E-state index in [0.29, 0.717) is 17.2 Å². The minimum Gasteiger partial charge on any atom is -0.481 e. The molecule has 1 N–H and O–H groups in total. The van der Waals surface area contributed by atoms with Crippen molar-refractivity contribution in [3.8, 4) is 28.1 Å². The van der Waals surface area contributed by atoms with Crippen LogP contribution in [0, 0.1) is 0 Å². The summed E-state index contributed by atoms with van der Waals surface area (Å²) >= 11 is 0. The van der Waals surface area contributed by atoms with E-state index in [2.05, 4.69) is 16.9 Å². The number of ether oxygens (including phenoxy) is 1. The molecule has 0 atom stereocenters. The number of rotatable bonds is 12. The van der Waals surface area contributed by atoms with Gasteiger partial charge in [-0.2, -0.15) is 0 Å². The summed E-state index contributed by atoms with van der Waals surface area (Å²) in [6.07, 6.45) is 6.47. The zero-order chi connectivity index (χ0) is 27.1. The van der Waals surface area contributed by atoms with Crippen molar-refractivity contribution in [3.05, 3.63) is 73.7 Å². The first kappa shape index (κ1) is 27.2. The third-order valence-corrected chi connectivity index (χ3v) is 7.13. The molecule has 198 valence electrons. The van der Waals surface area contributed by atoms with Crippen LogP contribution in [-0.2, 0) is 29.7 Å². The first-order chi connectivity index (χ1) is 18.4. The summed E-state index contributed by atoms with van der Waals surface area (Å²) in [6, 6.07) is 13.1. The van der Waals surface area contributed by atoms with Gasteiger partial charge in [0.25, 0.3) is 0 Å². The molecule has 3 heterocycles. The highest BCUT2D eigenvalue weighted by Crippen LogP contribution is 2.49. The Balaban J connectivity index is 1.79. The predicted octanol–water partition coefficient (Wildman–Crippen LogP) is 6.05. The van der Waals surface area contributed by atoms with Gasteiger partial charge in [0.15, 0.2) is 0 Å². The molecule has 0 unspecified atom stereocenters. The van der Waals surface area contributed by atoms with Crippen LogP contribution in [0.5, 0.6) is 5.88 Å². The van der Waals surface area contributed by atoms with Crippen LogP contribution in [0.4, 0.5) is 5.69 Å². The number of pyridine rings is 2. The number of nitrogens with zero attached hydrogens (tertiary/aromatic N) is 3. The van der Waals surface area contributed by atoms with E-state index in [1.54, 1.807) is 44.0 Å². The Morgan fingerprint density at radius 3 is 2.55 bits per heavy atom. The maximum Gasteiger partial charge on any atom is 0.476 e. The van der Waals surface area contributed by atoms with Crippen molar-refractivity contribution in [1.29, 1.82) is 0 Å². The van der Waals surface area contributed by atoms with Crippen LogP contribution in [0.3, 0.4) is 0 Å². The topological polar surface area (TPSA) is 114 Å². The van der Waals surface area contributed by atoms with E-state index < -0.39 is 7.82 Å². The van der Waals surface area contributed by atoms with E-state index in [4.69, 9.17) is 23.3 Å². The van der Waals surface area contributed by atoms with Gasteiger partial charge in [0.1, 0.15) is 12.4 Å². The SMILES string of the molecule is C=CC(=O)Nc1cccc(-c2cnc3c(c2)c(-c2ccnc(OC)c2)cn3COP(=O)(OCC)OCC)c1. The first-order valence-corrected chi connectivity index (χ1v) is 13.4. The summed E-state index contributed by atoms with van der Waals surface area (Å²) in [4.78, 5) is 20.7. The molecule has 4 rings (SSSR count). The lowest BCUT2D eigenvalue weighted by molar-refractivity contribution is -0.111. The second-order valence-corrected chi connectivity index (χ2v) is 9.68. The standard InChI is InChI=1S/C27H29N4O6P/c1-5-25(32)30-22-10-8-9-19(13-22)21-14-23-24(20-11-12-28-26(15-20)34-4)17-31(27(23)29-16-21)18-37-38(33,35-6-2)36-7-3/h5,8-17H,1,6-7,18H2,2-4H3,(H,30,32). The van der Waals surface area contributed by atoms with Gasteiger partial charge >= 0.3 is 7.82 Å². The fourth-order valence-corrected chi connectivity index (χ4v) is 5.00. The van der Waals surface area contributed by atoms with Crippen molar-refractivity contribution in [2.75, 3.05) is 25.6 Å². The molecule has 1 aromatic carbocycles. The van der Waals surface area contributed by atoms with E-state index in [0.717, 1.165) is 27.6 Å².